The van der Waals surface area contributed by atoms with Crippen LogP contribution in [0.15, 0.2) is 34.2 Å². The van der Waals surface area contributed by atoms with E-state index in [2.05, 4.69) is 47.4 Å². The quantitative estimate of drug-likeness (QED) is 0.686. The molecule has 0 fully saturated rings. The number of hydrogen-bond acceptors (Lipinski definition) is 5. The summed E-state index contributed by atoms with van der Waals surface area (Å²) in [7, 11) is 0. The summed E-state index contributed by atoms with van der Waals surface area (Å²) < 4.78 is 7.23. The average Bonchev–Trinajstić information content (AvgIpc) is 3.05. The molecule has 2 heterocycles. The zero-order chi connectivity index (χ0) is 15.7. The van der Waals surface area contributed by atoms with E-state index in [1.165, 1.54) is 11.1 Å². The Morgan fingerprint density at radius 2 is 2.00 bits per heavy atom. The molecule has 0 unspecified atom stereocenters. The number of nitrogens with zero attached hydrogens (tertiary/aromatic N) is 4. The van der Waals surface area contributed by atoms with Crippen molar-refractivity contribution < 1.29 is 4.52 Å². The number of rotatable bonds is 4. The highest BCUT2D eigenvalue weighted by Crippen LogP contribution is 2.27. The van der Waals surface area contributed by atoms with Gasteiger partial charge in [0.25, 0.3) is 0 Å². The molecule has 0 radical (unpaired) electrons. The van der Waals surface area contributed by atoms with Gasteiger partial charge in [0.05, 0.1) is 11.4 Å². The van der Waals surface area contributed by atoms with Crippen LogP contribution < -0.4 is 0 Å². The van der Waals surface area contributed by atoms with Crippen LogP contribution in [0.1, 0.15) is 28.1 Å². The Labute approximate surface area is 133 Å². The van der Waals surface area contributed by atoms with Gasteiger partial charge in [-0.3, -0.25) is 4.57 Å². The normalized spacial score (nSPS) is 11.1. The van der Waals surface area contributed by atoms with Gasteiger partial charge in [-0.1, -0.05) is 34.6 Å². The third kappa shape index (κ3) is 2.78. The topological polar surface area (TPSA) is 56.7 Å². The first-order valence-corrected chi connectivity index (χ1v) is 8.07. The molecule has 6 heteroatoms. The predicted octanol–water partition coefficient (Wildman–Crippen LogP) is 3.78. The third-order valence-electron chi connectivity index (χ3n) is 3.66. The van der Waals surface area contributed by atoms with Crippen molar-refractivity contribution in [3.8, 4) is 5.69 Å². The monoisotopic (exact) mass is 314 g/mol. The molecular formula is C16H18N4OS. The van der Waals surface area contributed by atoms with Gasteiger partial charge < -0.3 is 4.52 Å². The Hall–Kier alpha value is -2.08. The second-order valence-electron chi connectivity index (χ2n) is 5.36. The van der Waals surface area contributed by atoms with Crippen molar-refractivity contribution in [3.63, 3.8) is 0 Å². The summed E-state index contributed by atoms with van der Waals surface area (Å²) in [5.41, 5.74) is 5.62. The molecule has 2 aromatic heterocycles. The van der Waals surface area contributed by atoms with Crippen LogP contribution in [0.25, 0.3) is 5.69 Å². The van der Waals surface area contributed by atoms with Crippen molar-refractivity contribution in [3.05, 3.63) is 52.7 Å². The number of aryl methyl sites for hydroxylation is 4. The maximum atomic E-state index is 5.21. The third-order valence-corrected chi connectivity index (χ3v) is 4.62. The van der Waals surface area contributed by atoms with Crippen molar-refractivity contribution in [1.82, 2.24) is 19.9 Å². The molecular weight excluding hydrogens is 296 g/mol. The molecule has 3 rings (SSSR count). The fraction of sp³-hybridized carbons (Fsp3) is 0.312. The number of benzene rings is 1. The molecule has 0 aliphatic rings. The molecule has 0 aliphatic carbocycles. The SMILES string of the molecule is Cc1ccc(-n2cnnc2SCc2c(C)noc2C)c(C)c1. The molecule has 1 aromatic carbocycles. The van der Waals surface area contributed by atoms with E-state index in [1.54, 1.807) is 18.1 Å². The van der Waals surface area contributed by atoms with Gasteiger partial charge in [0.2, 0.25) is 0 Å². The van der Waals surface area contributed by atoms with E-state index in [9.17, 15) is 0 Å². The van der Waals surface area contributed by atoms with Crippen molar-refractivity contribution in [2.24, 2.45) is 0 Å². The molecule has 0 aliphatic heterocycles. The molecule has 5 nitrogen and oxygen atoms in total. The second kappa shape index (κ2) is 5.96. The van der Waals surface area contributed by atoms with Crippen molar-refractivity contribution in [2.75, 3.05) is 0 Å². The Balaban J connectivity index is 1.86. The molecule has 0 saturated heterocycles. The van der Waals surface area contributed by atoms with E-state index in [1.807, 2.05) is 18.4 Å². The highest BCUT2D eigenvalue weighted by Gasteiger charge is 2.13. The minimum Gasteiger partial charge on any atom is -0.361 e. The van der Waals surface area contributed by atoms with Crippen LogP contribution in [-0.2, 0) is 5.75 Å². The lowest BCUT2D eigenvalue weighted by molar-refractivity contribution is 0.392. The maximum Gasteiger partial charge on any atom is 0.195 e. The van der Waals surface area contributed by atoms with Crippen molar-refractivity contribution in [2.45, 2.75) is 38.6 Å². The van der Waals surface area contributed by atoms with Crippen molar-refractivity contribution >= 4 is 11.8 Å². The van der Waals surface area contributed by atoms with Crippen LogP contribution in [0.5, 0.6) is 0 Å². The Morgan fingerprint density at radius 1 is 1.18 bits per heavy atom. The molecule has 0 atom stereocenters. The van der Waals surface area contributed by atoms with Crippen LogP contribution in [0.2, 0.25) is 0 Å². The Bertz CT molecular complexity index is 787. The molecule has 0 amide bonds. The fourth-order valence-electron chi connectivity index (χ4n) is 2.41. The van der Waals surface area contributed by atoms with Gasteiger partial charge in [-0.25, -0.2) is 0 Å². The summed E-state index contributed by atoms with van der Waals surface area (Å²) in [4.78, 5) is 0. The summed E-state index contributed by atoms with van der Waals surface area (Å²) >= 11 is 1.64. The maximum absolute atomic E-state index is 5.21. The van der Waals surface area contributed by atoms with Gasteiger partial charge in [0.1, 0.15) is 12.1 Å². The van der Waals surface area contributed by atoms with E-state index in [0.717, 1.165) is 33.6 Å². The molecule has 0 saturated carbocycles. The van der Waals surface area contributed by atoms with Crippen LogP contribution in [0, 0.1) is 27.7 Å². The van der Waals surface area contributed by atoms with E-state index in [-0.39, 0.29) is 0 Å². The lowest BCUT2D eigenvalue weighted by atomic mass is 10.1. The number of aromatic nitrogens is 4. The fourth-order valence-corrected chi connectivity index (χ4v) is 3.48. The second-order valence-corrected chi connectivity index (χ2v) is 6.31. The standard InChI is InChI=1S/C16H18N4OS/c1-10-5-6-15(11(2)7-10)20-9-17-18-16(20)22-8-14-12(3)19-21-13(14)4/h5-7,9H,8H2,1-4H3. The minimum absolute atomic E-state index is 0.769. The molecule has 22 heavy (non-hydrogen) atoms. The summed E-state index contributed by atoms with van der Waals surface area (Å²) in [5.74, 6) is 1.63. The first-order valence-electron chi connectivity index (χ1n) is 7.08. The lowest BCUT2D eigenvalue weighted by Crippen LogP contribution is -1.98. The van der Waals surface area contributed by atoms with Gasteiger partial charge >= 0.3 is 0 Å². The van der Waals surface area contributed by atoms with Crippen LogP contribution in [0.4, 0.5) is 0 Å². The highest BCUT2D eigenvalue weighted by molar-refractivity contribution is 7.98. The van der Waals surface area contributed by atoms with Gasteiger partial charge in [-0.2, -0.15) is 0 Å². The van der Waals surface area contributed by atoms with E-state index in [4.69, 9.17) is 4.52 Å². The predicted molar refractivity (Wildman–Crippen MR) is 86.4 cm³/mol. The summed E-state index contributed by atoms with van der Waals surface area (Å²) in [6.45, 7) is 8.09. The summed E-state index contributed by atoms with van der Waals surface area (Å²) in [6, 6.07) is 6.37. The molecule has 3 aromatic rings. The number of hydrogen-bond donors (Lipinski definition) is 0. The zero-order valence-corrected chi connectivity index (χ0v) is 13.9. The van der Waals surface area contributed by atoms with E-state index in [0.29, 0.717) is 0 Å². The van der Waals surface area contributed by atoms with Gasteiger partial charge in [-0.15, -0.1) is 10.2 Å². The Morgan fingerprint density at radius 3 is 2.68 bits per heavy atom. The number of thioether (sulfide) groups is 1. The van der Waals surface area contributed by atoms with E-state index < -0.39 is 0 Å². The van der Waals surface area contributed by atoms with Crippen LogP contribution in [0.3, 0.4) is 0 Å². The average molecular weight is 314 g/mol. The molecule has 114 valence electrons. The largest absolute Gasteiger partial charge is 0.361 e. The van der Waals surface area contributed by atoms with Crippen LogP contribution >= 0.6 is 11.8 Å². The lowest BCUT2D eigenvalue weighted by Gasteiger charge is -2.10. The zero-order valence-electron chi connectivity index (χ0n) is 13.1. The van der Waals surface area contributed by atoms with Crippen LogP contribution in [-0.4, -0.2) is 19.9 Å². The van der Waals surface area contributed by atoms with Gasteiger partial charge in [0, 0.05) is 11.3 Å². The molecule has 0 bridgehead atoms. The minimum atomic E-state index is 0.769. The van der Waals surface area contributed by atoms with Gasteiger partial charge in [0.15, 0.2) is 5.16 Å². The summed E-state index contributed by atoms with van der Waals surface area (Å²) in [5, 5.41) is 13.2. The summed E-state index contributed by atoms with van der Waals surface area (Å²) in [6.07, 6.45) is 1.76. The first-order chi connectivity index (χ1) is 10.6. The van der Waals surface area contributed by atoms with Crippen molar-refractivity contribution in [1.29, 1.82) is 0 Å². The molecule has 0 N–H and O–H groups in total. The smallest absolute Gasteiger partial charge is 0.195 e. The van der Waals surface area contributed by atoms with E-state index >= 15 is 0 Å². The van der Waals surface area contributed by atoms with Gasteiger partial charge in [-0.05, 0) is 39.3 Å². The Kier molecular flexibility index (Phi) is 4.02. The highest BCUT2D eigenvalue weighted by atomic mass is 32.2. The first kappa shape index (κ1) is 14.8. The molecule has 0 spiro atoms.